The molecule has 0 saturated carbocycles. The average Bonchev–Trinajstić information content (AvgIpc) is 2.67. The maximum atomic E-state index is 12.0. The molecule has 0 spiro atoms. The number of fused-ring (bicyclic) bond motifs is 1. The lowest BCUT2D eigenvalue weighted by Gasteiger charge is -2.12. The van der Waals surface area contributed by atoms with E-state index < -0.39 is 11.9 Å². The third-order valence-electron chi connectivity index (χ3n) is 4.20. The molecule has 0 atom stereocenters. The molecule has 3 aromatic rings. The van der Waals surface area contributed by atoms with Crippen LogP contribution in [0.5, 0.6) is 5.75 Å². The van der Waals surface area contributed by atoms with Gasteiger partial charge in [-0.1, -0.05) is 42.5 Å². The van der Waals surface area contributed by atoms with Gasteiger partial charge in [-0.25, -0.2) is 10.2 Å². The Kier molecular flexibility index (Phi) is 5.56. The van der Waals surface area contributed by atoms with Gasteiger partial charge in [0.1, 0.15) is 5.75 Å². The molecule has 3 aromatic carbocycles. The van der Waals surface area contributed by atoms with E-state index in [9.17, 15) is 9.59 Å². The highest BCUT2D eigenvalue weighted by atomic mass is 16.5. The Morgan fingerprint density at radius 2 is 1.67 bits per heavy atom. The number of hydrazine groups is 1. The van der Waals surface area contributed by atoms with Crippen LogP contribution in [-0.2, 0) is 4.79 Å². The third-order valence-corrected chi connectivity index (χ3v) is 4.20. The van der Waals surface area contributed by atoms with Crippen molar-refractivity contribution in [3.63, 3.8) is 0 Å². The molecule has 138 valence electrons. The number of carbonyl (C=O) groups excluding carboxylic acids is 2. The Bertz CT molecular complexity index is 980. The molecule has 0 saturated heterocycles. The molecular weight excluding hydrogens is 342 g/mol. The fourth-order valence-electron chi connectivity index (χ4n) is 2.60. The number of rotatable bonds is 4. The van der Waals surface area contributed by atoms with E-state index in [0.29, 0.717) is 11.4 Å². The van der Waals surface area contributed by atoms with Crippen molar-refractivity contribution in [3.05, 3.63) is 71.8 Å². The lowest BCUT2D eigenvalue weighted by molar-refractivity contribution is -0.123. The van der Waals surface area contributed by atoms with Crippen molar-refractivity contribution in [2.45, 2.75) is 13.8 Å². The van der Waals surface area contributed by atoms with Crippen molar-refractivity contribution in [1.82, 2.24) is 10.9 Å². The second-order valence-electron chi connectivity index (χ2n) is 6.19. The van der Waals surface area contributed by atoms with Gasteiger partial charge < -0.3 is 10.1 Å². The van der Waals surface area contributed by atoms with Gasteiger partial charge in [0.25, 0.3) is 5.91 Å². The SMILES string of the molecule is Cc1ccc(OCC(=O)NNC(=O)Nc2cccc3ccccc23)cc1C. The number of carbonyl (C=O) groups is 2. The van der Waals surface area contributed by atoms with Gasteiger partial charge in [-0.3, -0.25) is 10.2 Å². The number of hydrogen-bond donors (Lipinski definition) is 3. The number of nitrogens with one attached hydrogen (secondary N) is 3. The summed E-state index contributed by atoms with van der Waals surface area (Å²) in [5.41, 5.74) is 7.54. The van der Waals surface area contributed by atoms with Crippen LogP contribution in [-0.4, -0.2) is 18.5 Å². The summed E-state index contributed by atoms with van der Waals surface area (Å²) in [6, 6.07) is 18.4. The summed E-state index contributed by atoms with van der Waals surface area (Å²) in [6.07, 6.45) is 0. The molecular formula is C21H21N3O3. The Labute approximate surface area is 157 Å². The molecule has 3 N–H and O–H groups in total. The zero-order chi connectivity index (χ0) is 19.2. The van der Waals surface area contributed by atoms with Crippen LogP contribution in [0, 0.1) is 13.8 Å². The van der Waals surface area contributed by atoms with Crippen molar-refractivity contribution >= 4 is 28.4 Å². The van der Waals surface area contributed by atoms with Crippen molar-refractivity contribution in [2.24, 2.45) is 0 Å². The first-order valence-corrected chi connectivity index (χ1v) is 8.56. The largest absolute Gasteiger partial charge is 0.484 e. The molecule has 0 aliphatic rings. The van der Waals surface area contributed by atoms with Gasteiger partial charge in [0.15, 0.2) is 6.61 Å². The van der Waals surface area contributed by atoms with Crippen LogP contribution in [0.4, 0.5) is 10.5 Å². The zero-order valence-corrected chi connectivity index (χ0v) is 15.2. The van der Waals surface area contributed by atoms with Gasteiger partial charge in [0.05, 0.1) is 5.69 Å². The van der Waals surface area contributed by atoms with E-state index in [1.807, 2.05) is 62.4 Å². The van der Waals surface area contributed by atoms with Crippen LogP contribution >= 0.6 is 0 Å². The highest BCUT2D eigenvalue weighted by Gasteiger charge is 2.08. The number of aryl methyl sites for hydroxylation is 2. The van der Waals surface area contributed by atoms with Crippen LogP contribution in [0.15, 0.2) is 60.7 Å². The molecule has 0 aliphatic heterocycles. The van der Waals surface area contributed by atoms with Gasteiger partial charge in [0.2, 0.25) is 0 Å². The minimum Gasteiger partial charge on any atom is -0.484 e. The second kappa shape index (κ2) is 8.23. The molecule has 0 aromatic heterocycles. The van der Waals surface area contributed by atoms with E-state index in [1.54, 1.807) is 12.1 Å². The zero-order valence-electron chi connectivity index (χ0n) is 15.2. The normalized spacial score (nSPS) is 10.3. The summed E-state index contributed by atoms with van der Waals surface area (Å²) in [7, 11) is 0. The van der Waals surface area contributed by atoms with Crippen LogP contribution in [0.3, 0.4) is 0 Å². The summed E-state index contributed by atoms with van der Waals surface area (Å²) in [5.74, 6) is 0.148. The molecule has 6 nitrogen and oxygen atoms in total. The van der Waals surface area contributed by atoms with Crippen molar-refractivity contribution in [1.29, 1.82) is 0 Å². The first-order valence-electron chi connectivity index (χ1n) is 8.56. The van der Waals surface area contributed by atoms with Gasteiger partial charge in [-0.05, 0) is 48.6 Å². The number of ether oxygens (including phenoxy) is 1. The predicted octanol–water partition coefficient (Wildman–Crippen LogP) is 3.69. The molecule has 0 bridgehead atoms. The lowest BCUT2D eigenvalue weighted by Crippen LogP contribution is -2.45. The maximum absolute atomic E-state index is 12.0. The topological polar surface area (TPSA) is 79.5 Å². The summed E-state index contributed by atoms with van der Waals surface area (Å²) in [6.45, 7) is 3.78. The quantitative estimate of drug-likeness (QED) is 0.619. The minimum absolute atomic E-state index is 0.197. The fourth-order valence-corrected chi connectivity index (χ4v) is 2.60. The first kappa shape index (κ1) is 18.3. The van der Waals surface area contributed by atoms with Gasteiger partial charge in [0, 0.05) is 5.39 Å². The Morgan fingerprint density at radius 1 is 0.889 bits per heavy atom. The molecule has 0 radical (unpaired) electrons. The van der Waals surface area contributed by atoms with E-state index >= 15 is 0 Å². The van der Waals surface area contributed by atoms with Crippen LogP contribution in [0.25, 0.3) is 10.8 Å². The number of benzene rings is 3. The molecule has 3 amide bonds. The van der Waals surface area contributed by atoms with E-state index in [-0.39, 0.29) is 6.61 Å². The van der Waals surface area contributed by atoms with Gasteiger partial charge in [-0.15, -0.1) is 0 Å². The molecule has 27 heavy (non-hydrogen) atoms. The predicted molar refractivity (Wildman–Crippen MR) is 106 cm³/mol. The highest BCUT2D eigenvalue weighted by Crippen LogP contribution is 2.22. The van der Waals surface area contributed by atoms with Crippen LogP contribution in [0.2, 0.25) is 0 Å². The fraction of sp³-hybridized carbons (Fsp3) is 0.143. The van der Waals surface area contributed by atoms with E-state index in [4.69, 9.17) is 4.74 Å². The molecule has 3 rings (SSSR count). The Balaban J connectivity index is 1.49. The summed E-state index contributed by atoms with van der Waals surface area (Å²) in [4.78, 5) is 23.9. The standard InChI is InChI=1S/C21H21N3O3/c1-14-10-11-17(12-15(14)2)27-13-20(25)23-24-21(26)22-19-9-5-7-16-6-3-4-8-18(16)19/h3-12H,13H2,1-2H3,(H,23,25)(H2,22,24,26). The molecule has 0 aliphatic carbocycles. The first-order chi connectivity index (χ1) is 13.0. The average molecular weight is 363 g/mol. The monoisotopic (exact) mass is 363 g/mol. The van der Waals surface area contributed by atoms with E-state index in [2.05, 4.69) is 16.2 Å². The number of anilines is 1. The van der Waals surface area contributed by atoms with Crippen molar-refractivity contribution in [2.75, 3.05) is 11.9 Å². The highest BCUT2D eigenvalue weighted by molar-refractivity contribution is 6.01. The van der Waals surface area contributed by atoms with Crippen molar-refractivity contribution in [3.8, 4) is 5.75 Å². The summed E-state index contributed by atoms with van der Waals surface area (Å²) >= 11 is 0. The Hall–Kier alpha value is -3.54. The van der Waals surface area contributed by atoms with Crippen molar-refractivity contribution < 1.29 is 14.3 Å². The van der Waals surface area contributed by atoms with E-state index in [0.717, 1.165) is 21.9 Å². The lowest BCUT2D eigenvalue weighted by atomic mass is 10.1. The van der Waals surface area contributed by atoms with E-state index in [1.165, 1.54) is 0 Å². The second-order valence-corrected chi connectivity index (χ2v) is 6.19. The smallest absolute Gasteiger partial charge is 0.337 e. The number of urea groups is 1. The maximum Gasteiger partial charge on any atom is 0.337 e. The number of amides is 3. The van der Waals surface area contributed by atoms with Crippen LogP contribution < -0.4 is 20.9 Å². The molecule has 0 fully saturated rings. The van der Waals surface area contributed by atoms with Gasteiger partial charge >= 0.3 is 6.03 Å². The molecule has 0 heterocycles. The third kappa shape index (κ3) is 4.76. The molecule has 6 heteroatoms. The summed E-state index contributed by atoms with van der Waals surface area (Å²) in [5, 5.41) is 4.65. The van der Waals surface area contributed by atoms with Crippen LogP contribution in [0.1, 0.15) is 11.1 Å². The minimum atomic E-state index is -0.536. The Morgan fingerprint density at radius 3 is 2.48 bits per heavy atom. The molecule has 0 unspecified atom stereocenters. The number of hydrogen-bond acceptors (Lipinski definition) is 3. The van der Waals surface area contributed by atoms with Gasteiger partial charge in [-0.2, -0.15) is 0 Å². The summed E-state index contributed by atoms with van der Waals surface area (Å²) < 4.78 is 5.43.